The second-order valence-electron chi connectivity index (χ2n) is 12.0. The summed E-state index contributed by atoms with van der Waals surface area (Å²) in [6, 6.07) is 16.7. The summed E-state index contributed by atoms with van der Waals surface area (Å²) >= 11 is 0. The van der Waals surface area contributed by atoms with Crippen LogP contribution in [0.15, 0.2) is 79.3 Å². The van der Waals surface area contributed by atoms with E-state index in [1.165, 1.54) is 18.6 Å². The first-order chi connectivity index (χ1) is 21.7. The number of benzene rings is 2. The Morgan fingerprint density at radius 2 is 1.58 bits per heavy atom. The molecule has 0 radical (unpaired) electrons. The fraction of sp³-hybridized carbons (Fsp3) is 0.394. The molecular formula is C33H38BN5O6. The number of hydrogen-bond donors (Lipinski definition) is 1. The Balaban J connectivity index is 1.36. The van der Waals surface area contributed by atoms with Gasteiger partial charge in [0.15, 0.2) is 5.78 Å². The molecule has 0 aliphatic carbocycles. The number of Topliss-reactive ketones (excluding diaryl/α,β-unsaturated/α-hetero) is 1. The van der Waals surface area contributed by atoms with Crippen LogP contribution < -0.4 is 10.2 Å². The normalized spacial score (nSPS) is 20.0. The van der Waals surface area contributed by atoms with Gasteiger partial charge in [0.05, 0.1) is 12.2 Å². The standard InChI is InChI=1S/C33H38BN5O6/c1-22(2)16-24(18-30(40)26(17-23-10-6-4-7-11-23)37-31(41)27-19-35-14-15-36-27)34-44-32(42)28-20-39(25-12-8-5-9-13-25)21-29(38(28)3)33(43)45-34/h4-15,19,22,24,26,28-29H,16-18,20-21H2,1-3H3,(H,37,41)/t24-,26+,28-,29+/m1/s1. The molecule has 2 saturated heterocycles. The highest BCUT2D eigenvalue weighted by molar-refractivity contribution is 6.51. The average molecular weight is 612 g/mol. The summed E-state index contributed by atoms with van der Waals surface area (Å²) < 4.78 is 11.8. The van der Waals surface area contributed by atoms with E-state index in [0.717, 1.165) is 11.3 Å². The second-order valence-corrected chi connectivity index (χ2v) is 12.0. The van der Waals surface area contributed by atoms with Crippen molar-refractivity contribution in [3.63, 3.8) is 0 Å². The van der Waals surface area contributed by atoms with E-state index in [4.69, 9.17) is 9.31 Å². The van der Waals surface area contributed by atoms with E-state index in [0.29, 0.717) is 19.5 Å². The Labute approximate surface area is 263 Å². The molecule has 0 unspecified atom stereocenters. The van der Waals surface area contributed by atoms with Crippen LogP contribution in [0.2, 0.25) is 5.82 Å². The molecule has 3 aromatic rings. The van der Waals surface area contributed by atoms with E-state index in [-0.39, 0.29) is 30.2 Å². The Morgan fingerprint density at radius 1 is 0.956 bits per heavy atom. The van der Waals surface area contributed by atoms with Crippen molar-refractivity contribution in [2.24, 2.45) is 5.92 Å². The van der Waals surface area contributed by atoms with Crippen LogP contribution >= 0.6 is 0 Å². The summed E-state index contributed by atoms with van der Waals surface area (Å²) in [6.07, 6.45) is 4.82. The molecule has 2 fully saturated rings. The third-order valence-electron chi connectivity index (χ3n) is 8.29. The third kappa shape index (κ3) is 7.93. The summed E-state index contributed by atoms with van der Waals surface area (Å²) in [5, 5.41) is 2.82. The van der Waals surface area contributed by atoms with E-state index >= 15 is 0 Å². The molecule has 1 aromatic heterocycles. The van der Waals surface area contributed by atoms with Gasteiger partial charge < -0.3 is 19.5 Å². The average Bonchev–Trinajstić information content (AvgIpc) is 3.04. The first kappa shape index (κ1) is 31.8. The molecule has 2 aliphatic rings. The summed E-state index contributed by atoms with van der Waals surface area (Å²) in [4.78, 5) is 65.9. The molecule has 5 rings (SSSR count). The van der Waals surface area contributed by atoms with Crippen molar-refractivity contribution in [3.8, 4) is 0 Å². The van der Waals surface area contributed by atoms with Crippen LogP contribution in [-0.2, 0) is 30.1 Å². The van der Waals surface area contributed by atoms with Gasteiger partial charge in [-0.15, -0.1) is 0 Å². The van der Waals surface area contributed by atoms with Gasteiger partial charge in [-0.05, 0) is 43.5 Å². The molecule has 2 bridgehead atoms. The number of para-hydroxylation sites is 1. The Hall–Kier alpha value is -4.58. The predicted molar refractivity (Wildman–Crippen MR) is 168 cm³/mol. The number of rotatable bonds is 11. The smallest absolute Gasteiger partial charge is 0.498 e. The molecule has 1 N–H and O–H groups in total. The highest BCUT2D eigenvalue weighted by atomic mass is 16.6. The minimum Gasteiger partial charge on any atom is -0.498 e. The van der Waals surface area contributed by atoms with Gasteiger partial charge in [-0.25, -0.2) is 4.98 Å². The molecule has 3 heterocycles. The van der Waals surface area contributed by atoms with Gasteiger partial charge in [0, 0.05) is 43.4 Å². The number of piperazine rings is 1. The van der Waals surface area contributed by atoms with Crippen LogP contribution in [0.4, 0.5) is 5.69 Å². The van der Waals surface area contributed by atoms with Gasteiger partial charge in [-0.2, -0.15) is 0 Å². The molecule has 0 spiro atoms. The van der Waals surface area contributed by atoms with Crippen LogP contribution in [0.25, 0.3) is 0 Å². The molecule has 4 atom stereocenters. The van der Waals surface area contributed by atoms with Crippen molar-refractivity contribution in [2.45, 2.75) is 57.1 Å². The zero-order valence-corrected chi connectivity index (χ0v) is 25.7. The first-order valence-electron chi connectivity index (χ1n) is 15.3. The van der Waals surface area contributed by atoms with E-state index < -0.39 is 48.9 Å². The van der Waals surface area contributed by atoms with Crippen molar-refractivity contribution < 1.29 is 28.5 Å². The van der Waals surface area contributed by atoms with Crippen LogP contribution in [0.1, 0.15) is 42.7 Å². The largest absolute Gasteiger partial charge is 0.602 e. The molecule has 11 nitrogen and oxygen atoms in total. The van der Waals surface area contributed by atoms with Gasteiger partial charge in [0.1, 0.15) is 17.8 Å². The lowest BCUT2D eigenvalue weighted by Gasteiger charge is -2.45. The van der Waals surface area contributed by atoms with Crippen molar-refractivity contribution >= 4 is 36.4 Å². The Kier molecular flexibility index (Phi) is 10.2. The van der Waals surface area contributed by atoms with Gasteiger partial charge in [0.2, 0.25) is 0 Å². The molecule has 12 heteroatoms. The number of ketones is 1. The minimum atomic E-state index is -1.24. The maximum Gasteiger partial charge on any atom is 0.602 e. The number of amides is 1. The van der Waals surface area contributed by atoms with Crippen LogP contribution in [0.5, 0.6) is 0 Å². The lowest BCUT2D eigenvalue weighted by Crippen LogP contribution is -2.65. The highest BCUT2D eigenvalue weighted by Gasteiger charge is 2.49. The fourth-order valence-corrected chi connectivity index (χ4v) is 5.94. The van der Waals surface area contributed by atoms with Crippen LogP contribution in [0.3, 0.4) is 0 Å². The molecule has 1 amide bonds. The number of carbonyl (C=O) groups is 4. The summed E-state index contributed by atoms with van der Waals surface area (Å²) in [6.45, 7) is 4.66. The predicted octanol–water partition coefficient (Wildman–Crippen LogP) is 2.97. The number of fused-ring (bicyclic) bond motifs is 2. The van der Waals surface area contributed by atoms with Crippen LogP contribution in [0, 0.1) is 5.92 Å². The monoisotopic (exact) mass is 611 g/mol. The number of carbonyl (C=O) groups excluding carboxylic acids is 4. The summed E-state index contributed by atoms with van der Waals surface area (Å²) in [5.74, 6) is -2.35. The van der Waals surface area contributed by atoms with Gasteiger partial charge in [-0.3, -0.25) is 29.1 Å². The number of aromatic nitrogens is 2. The molecule has 2 aliphatic heterocycles. The number of likely N-dealkylation sites (N-methyl/N-ethyl adjacent to an activating group) is 1. The van der Waals surface area contributed by atoms with Gasteiger partial charge in [0.25, 0.3) is 5.91 Å². The van der Waals surface area contributed by atoms with E-state index in [1.54, 1.807) is 11.9 Å². The maximum atomic E-state index is 14.0. The summed E-state index contributed by atoms with van der Waals surface area (Å²) in [5.41, 5.74) is 1.85. The second kappa shape index (κ2) is 14.5. The third-order valence-corrected chi connectivity index (χ3v) is 8.29. The van der Waals surface area contributed by atoms with Gasteiger partial charge in [-0.1, -0.05) is 62.4 Å². The lowest BCUT2D eigenvalue weighted by atomic mass is 9.64. The zero-order valence-electron chi connectivity index (χ0n) is 25.7. The Morgan fingerprint density at radius 3 is 2.16 bits per heavy atom. The van der Waals surface area contributed by atoms with Crippen molar-refractivity contribution in [3.05, 3.63) is 90.5 Å². The van der Waals surface area contributed by atoms with Crippen LogP contribution in [-0.4, -0.2) is 83.9 Å². The topological polar surface area (TPSA) is 131 Å². The number of hydrogen-bond acceptors (Lipinski definition) is 10. The fourth-order valence-electron chi connectivity index (χ4n) is 5.94. The number of anilines is 1. The SMILES string of the molecule is CC(C)C[C@H](CC(=O)[C@H](Cc1ccccc1)NC(=O)c1cnccn1)B1OC(=O)[C@H]2CN(c3ccccc3)C[C@@H](C(=O)O1)N2C. The van der Waals surface area contributed by atoms with E-state index in [9.17, 15) is 19.2 Å². The van der Waals surface area contributed by atoms with E-state index in [2.05, 4.69) is 15.3 Å². The first-order valence-corrected chi connectivity index (χ1v) is 15.3. The molecule has 234 valence electrons. The van der Waals surface area contributed by atoms with Gasteiger partial charge >= 0.3 is 19.1 Å². The summed E-state index contributed by atoms with van der Waals surface area (Å²) in [7, 11) is 0.482. The lowest BCUT2D eigenvalue weighted by molar-refractivity contribution is -0.155. The molecule has 45 heavy (non-hydrogen) atoms. The van der Waals surface area contributed by atoms with Crippen molar-refractivity contribution in [1.82, 2.24) is 20.2 Å². The van der Waals surface area contributed by atoms with E-state index in [1.807, 2.05) is 79.4 Å². The number of nitrogens with one attached hydrogen (secondary N) is 1. The molecule has 0 saturated carbocycles. The maximum absolute atomic E-state index is 14.0. The number of nitrogens with zero attached hydrogens (tertiary/aromatic N) is 4. The Bertz CT molecular complexity index is 1450. The molecule has 2 aromatic carbocycles. The quantitative estimate of drug-likeness (QED) is 0.323. The zero-order chi connectivity index (χ0) is 31.9. The molecular weight excluding hydrogens is 573 g/mol. The van der Waals surface area contributed by atoms with Crippen molar-refractivity contribution in [2.75, 3.05) is 25.0 Å². The highest BCUT2D eigenvalue weighted by Crippen LogP contribution is 2.32. The minimum absolute atomic E-state index is 0.0804. The van der Waals surface area contributed by atoms with Crippen molar-refractivity contribution in [1.29, 1.82) is 0 Å².